The highest BCUT2D eigenvalue weighted by molar-refractivity contribution is 5.95. The Kier molecular flexibility index (Phi) is 4.55. The third-order valence-corrected chi connectivity index (χ3v) is 2.21. The summed E-state index contributed by atoms with van der Waals surface area (Å²) in [5, 5.41) is 2.28. The van der Waals surface area contributed by atoms with E-state index in [9.17, 15) is 9.59 Å². The van der Waals surface area contributed by atoms with Gasteiger partial charge in [0.25, 0.3) is 0 Å². The number of nitrogens with one attached hydrogen (secondary N) is 1. The molecule has 0 aromatic heterocycles. The molecule has 2 atom stereocenters. The number of hydrogen-bond donors (Lipinski definition) is 1. The number of imide groups is 1. The predicted molar refractivity (Wildman–Crippen MR) is 47.4 cm³/mol. The highest BCUT2D eigenvalue weighted by Crippen LogP contribution is 2.13. The van der Waals surface area contributed by atoms with Crippen molar-refractivity contribution in [1.82, 2.24) is 5.32 Å². The van der Waals surface area contributed by atoms with Crippen LogP contribution in [0.15, 0.2) is 0 Å². The van der Waals surface area contributed by atoms with Gasteiger partial charge in [-0.05, 0) is 5.92 Å². The molecule has 0 fully saturated rings. The van der Waals surface area contributed by atoms with Gasteiger partial charge < -0.3 is 0 Å². The highest BCUT2D eigenvalue weighted by atomic mass is 16.2. The van der Waals surface area contributed by atoms with E-state index >= 15 is 0 Å². The number of amides is 2. The second-order valence-corrected chi connectivity index (χ2v) is 3.22. The molecule has 12 heavy (non-hydrogen) atoms. The van der Waals surface area contributed by atoms with E-state index in [-0.39, 0.29) is 17.7 Å². The normalized spacial score (nSPS) is 15.0. The molecule has 2 amide bonds. The van der Waals surface area contributed by atoms with E-state index in [0.717, 1.165) is 6.42 Å². The van der Waals surface area contributed by atoms with E-state index < -0.39 is 0 Å². The standard InChI is InChI=1S/C9H17NO2/c1-5-6(2)7(3)9(12)10-8(4)11/h6-7H,5H2,1-4H3,(H,10,11,12). The van der Waals surface area contributed by atoms with E-state index in [1.807, 2.05) is 20.8 Å². The fraction of sp³-hybridized carbons (Fsp3) is 0.778. The molecule has 0 aliphatic carbocycles. The molecule has 2 unspecified atom stereocenters. The van der Waals surface area contributed by atoms with Gasteiger partial charge in [0.05, 0.1) is 0 Å². The molecule has 0 spiro atoms. The zero-order valence-electron chi connectivity index (χ0n) is 8.18. The van der Waals surface area contributed by atoms with Gasteiger partial charge in [0.15, 0.2) is 0 Å². The van der Waals surface area contributed by atoms with Gasteiger partial charge >= 0.3 is 0 Å². The Morgan fingerprint density at radius 3 is 2.17 bits per heavy atom. The zero-order chi connectivity index (χ0) is 9.72. The first-order chi connectivity index (χ1) is 5.49. The number of carbonyl (C=O) groups excluding carboxylic acids is 2. The molecule has 0 aromatic carbocycles. The minimum Gasteiger partial charge on any atom is -0.296 e. The molecular formula is C9H17NO2. The van der Waals surface area contributed by atoms with Gasteiger partial charge in [0.2, 0.25) is 11.8 Å². The molecule has 0 saturated carbocycles. The first-order valence-corrected chi connectivity index (χ1v) is 4.30. The van der Waals surface area contributed by atoms with Gasteiger partial charge in [-0.15, -0.1) is 0 Å². The third-order valence-electron chi connectivity index (χ3n) is 2.21. The van der Waals surface area contributed by atoms with E-state index in [2.05, 4.69) is 5.32 Å². The van der Waals surface area contributed by atoms with Gasteiger partial charge in [-0.25, -0.2) is 0 Å². The average molecular weight is 171 g/mol. The maximum atomic E-state index is 11.2. The molecule has 0 rings (SSSR count). The van der Waals surface area contributed by atoms with E-state index in [1.54, 1.807) is 0 Å². The lowest BCUT2D eigenvalue weighted by molar-refractivity contribution is -0.132. The third kappa shape index (κ3) is 3.51. The van der Waals surface area contributed by atoms with Crippen LogP contribution in [0.5, 0.6) is 0 Å². The Morgan fingerprint density at radius 2 is 1.83 bits per heavy atom. The van der Waals surface area contributed by atoms with Crippen LogP contribution in [0.4, 0.5) is 0 Å². The summed E-state index contributed by atoms with van der Waals surface area (Å²) < 4.78 is 0. The van der Waals surface area contributed by atoms with Crippen molar-refractivity contribution in [2.75, 3.05) is 0 Å². The summed E-state index contributed by atoms with van der Waals surface area (Å²) in [5.74, 6) is -0.213. The van der Waals surface area contributed by atoms with Crippen molar-refractivity contribution in [1.29, 1.82) is 0 Å². The van der Waals surface area contributed by atoms with Gasteiger partial charge in [0.1, 0.15) is 0 Å². The van der Waals surface area contributed by atoms with Crippen LogP contribution in [0.1, 0.15) is 34.1 Å². The fourth-order valence-electron chi connectivity index (χ4n) is 0.899. The summed E-state index contributed by atoms with van der Waals surface area (Å²) >= 11 is 0. The second kappa shape index (κ2) is 4.91. The average Bonchev–Trinajstić information content (AvgIpc) is 2.00. The minimum atomic E-state index is -0.282. The lowest BCUT2D eigenvalue weighted by Crippen LogP contribution is -2.35. The zero-order valence-corrected chi connectivity index (χ0v) is 8.18. The van der Waals surface area contributed by atoms with Crippen LogP contribution in [0.25, 0.3) is 0 Å². The molecule has 3 nitrogen and oxygen atoms in total. The van der Waals surface area contributed by atoms with Gasteiger partial charge in [0, 0.05) is 12.8 Å². The smallest absolute Gasteiger partial charge is 0.229 e. The van der Waals surface area contributed by atoms with Crippen LogP contribution in [-0.2, 0) is 9.59 Å². The quantitative estimate of drug-likeness (QED) is 0.696. The van der Waals surface area contributed by atoms with Crippen LogP contribution in [0, 0.1) is 11.8 Å². The Labute approximate surface area is 73.5 Å². The molecule has 1 N–H and O–H groups in total. The predicted octanol–water partition coefficient (Wildman–Crippen LogP) is 1.33. The van der Waals surface area contributed by atoms with Crippen molar-refractivity contribution < 1.29 is 9.59 Å². The molecule has 70 valence electrons. The lowest BCUT2D eigenvalue weighted by atomic mass is 9.93. The van der Waals surface area contributed by atoms with Crippen molar-refractivity contribution in [2.45, 2.75) is 34.1 Å². The van der Waals surface area contributed by atoms with Gasteiger partial charge in [-0.1, -0.05) is 27.2 Å². The van der Waals surface area contributed by atoms with Crippen LogP contribution in [0.3, 0.4) is 0 Å². The Balaban J connectivity index is 4.01. The number of rotatable bonds is 3. The summed E-state index contributed by atoms with van der Waals surface area (Å²) in [6, 6.07) is 0. The van der Waals surface area contributed by atoms with Crippen molar-refractivity contribution in [3.8, 4) is 0 Å². The SMILES string of the molecule is CCC(C)C(C)C(=O)NC(C)=O. The minimum absolute atomic E-state index is 0.0844. The van der Waals surface area contributed by atoms with Gasteiger partial charge in [-0.3, -0.25) is 14.9 Å². The topological polar surface area (TPSA) is 46.2 Å². The molecule has 3 heteroatoms. The molecule has 0 radical (unpaired) electrons. The van der Waals surface area contributed by atoms with Crippen LogP contribution < -0.4 is 5.32 Å². The van der Waals surface area contributed by atoms with Crippen molar-refractivity contribution >= 4 is 11.8 Å². The van der Waals surface area contributed by atoms with Gasteiger partial charge in [-0.2, -0.15) is 0 Å². The van der Waals surface area contributed by atoms with Crippen LogP contribution in [0.2, 0.25) is 0 Å². The summed E-state index contributed by atoms with van der Waals surface area (Å²) in [6.07, 6.45) is 0.951. The Morgan fingerprint density at radius 1 is 1.33 bits per heavy atom. The summed E-state index contributed by atoms with van der Waals surface area (Å²) in [4.78, 5) is 21.8. The second-order valence-electron chi connectivity index (χ2n) is 3.22. The van der Waals surface area contributed by atoms with Crippen LogP contribution in [-0.4, -0.2) is 11.8 Å². The monoisotopic (exact) mass is 171 g/mol. The molecule has 0 aliphatic heterocycles. The molecule has 0 heterocycles. The Hall–Kier alpha value is -0.860. The molecule has 0 aromatic rings. The van der Waals surface area contributed by atoms with Crippen molar-refractivity contribution in [3.63, 3.8) is 0 Å². The first kappa shape index (κ1) is 11.1. The maximum absolute atomic E-state index is 11.2. The maximum Gasteiger partial charge on any atom is 0.229 e. The first-order valence-electron chi connectivity index (χ1n) is 4.30. The van der Waals surface area contributed by atoms with E-state index in [1.165, 1.54) is 6.92 Å². The number of hydrogen-bond acceptors (Lipinski definition) is 2. The fourth-order valence-corrected chi connectivity index (χ4v) is 0.899. The summed E-state index contributed by atoms with van der Waals surface area (Å²) in [6.45, 7) is 7.22. The van der Waals surface area contributed by atoms with Crippen molar-refractivity contribution in [3.05, 3.63) is 0 Å². The number of carbonyl (C=O) groups is 2. The summed E-state index contributed by atoms with van der Waals surface area (Å²) in [5.41, 5.74) is 0. The van der Waals surface area contributed by atoms with E-state index in [4.69, 9.17) is 0 Å². The highest BCUT2D eigenvalue weighted by Gasteiger charge is 2.18. The van der Waals surface area contributed by atoms with Crippen molar-refractivity contribution in [2.24, 2.45) is 11.8 Å². The molecule has 0 aliphatic rings. The Bertz CT molecular complexity index is 177. The summed E-state index contributed by atoms with van der Waals surface area (Å²) in [7, 11) is 0. The molecule has 0 saturated heterocycles. The van der Waals surface area contributed by atoms with Crippen LogP contribution >= 0.6 is 0 Å². The molecular weight excluding hydrogens is 154 g/mol. The molecule has 0 bridgehead atoms. The van der Waals surface area contributed by atoms with E-state index in [0.29, 0.717) is 5.92 Å². The lowest BCUT2D eigenvalue weighted by Gasteiger charge is -2.16. The largest absolute Gasteiger partial charge is 0.296 e.